The van der Waals surface area contributed by atoms with Gasteiger partial charge in [-0.1, -0.05) is 109 Å². The zero-order chi connectivity index (χ0) is 38.2. The molecule has 0 saturated carbocycles. The van der Waals surface area contributed by atoms with E-state index in [0.29, 0.717) is 0 Å². The van der Waals surface area contributed by atoms with Gasteiger partial charge in [0.05, 0.1) is 22.1 Å². The number of hydrogen-bond donors (Lipinski definition) is 0. The Morgan fingerprint density at radius 2 is 0.793 bits per heavy atom. The smallest absolute Gasteiger partial charge is 0.135 e. The molecule has 272 valence electrons. The Kier molecular flexibility index (Phi) is 7.20. The molecule has 0 spiro atoms. The van der Waals surface area contributed by atoms with Crippen LogP contribution in [0, 0.1) is 0 Å². The first kappa shape index (κ1) is 32.4. The number of nitrogens with zero attached hydrogens (tertiary/aromatic N) is 3. The van der Waals surface area contributed by atoms with E-state index in [4.69, 9.17) is 4.42 Å². The molecule has 4 heteroatoms. The van der Waals surface area contributed by atoms with Gasteiger partial charge in [0.1, 0.15) is 11.2 Å². The van der Waals surface area contributed by atoms with Gasteiger partial charge in [-0.3, -0.25) is 0 Å². The number of benzene rings is 9. The number of fused-ring (bicyclic) bond motifs is 9. The van der Waals surface area contributed by atoms with Crippen LogP contribution in [-0.4, -0.2) is 9.13 Å². The number of para-hydroxylation sites is 5. The van der Waals surface area contributed by atoms with Crippen LogP contribution in [0.5, 0.6) is 0 Å². The molecule has 0 fully saturated rings. The maximum atomic E-state index is 6.22. The zero-order valence-electron chi connectivity index (χ0n) is 31.5. The van der Waals surface area contributed by atoms with Crippen molar-refractivity contribution >= 4 is 82.6 Å². The van der Waals surface area contributed by atoms with Gasteiger partial charge in [-0.2, -0.15) is 0 Å². The second-order valence-electron chi connectivity index (χ2n) is 15.0. The minimum Gasteiger partial charge on any atom is -0.456 e. The highest BCUT2D eigenvalue weighted by molar-refractivity contribution is 6.13. The van der Waals surface area contributed by atoms with Crippen molar-refractivity contribution in [3.05, 3.63) is 212 Å². The Morgan fingerprint density at radius 3 is 1.48 bits per heavy atom. The van der Waals surface area contributed by atoms with Crippen LogP contribution in [0.1, 0.15) is 0 Å². The molecule has 0 atom stereocenters. The van der Waals surface area contributed by atoms with Crippen molar-refractivity contribution in [2.45, 2.75) is 0 Å². The lowest BCUT2D eigenvalue weighted by atomic mass is 10.0. The number of aromatic nitrogens is 2. The van der Waals surface area contributed by atoms with Gasteiger partial charge in [0.25, 0.3) is 0 Å². The van der Waals surface area contributed by atoms with Crippen molar-refractivity contribution in [1.82, 2.24) is 9.13 Å². The van der Waals surface area contributed by atoms with Crippen molar-refractivity contribution in [2.75, 3.05) is 4.90 Å². The summed E-state index contributed by atoms with van der Waals surface area (Å²) in [6.45, 7) is 0. The molecular weight excluding hydrogens is 707 g/mol. The standard InChI is InChI=1S/C54H35N3O/c1-3-14-38(15-4-1)55(42-28-31-54-48(35-42)45-22-9-12-25-53(45)58-54)40-18-13-19-41(34-40)57-50-24-11-8-21-44(50)47-33-37(27-30-52(47)57)36-26-29-51-46(32-36)43-20-7-10-23-49(43)56(51)39-16-5-2-6-17-39/h1-35H. The van der Waals surface area contributed by atoms with E-state index in [1.165, 1.54) is 60.4 Å². The summed E-state index contributed by atoms with van der Waals surface area (Å²) in [5.41, 5.74) is 14.4. The van der Waals surface area contributed by atoms with Crippen LogP contribution in [0.15, 0.2) is 217 Å². The number of hydrogen-bond acceptors (Lipinski definition) is 2. The quantitative estimate of drug-likeness (QED) is 0.170. The van der Waals surface area contributed by atoms with E-state index in [2.05, 4.69) is 214 Å². The van der Waals surface area contributed by atoms with Gasteiger partial charge in [-0.05, 0) is 114 Å². The van der Waals surface area contributed by atoms with E-state index in [-0.39, 0.29) is 0 Å². The fraction of sp³-hybridized carbons (Fsp3) is 0. The molecule has 0 bridgehead atoms. The molecule has 0 aliphatic heterocycles. The van der Waals surface area contributed by atoms with Crippen molar-refractivity contribution in [3.8, 4) is 22.5 Å². The number of rotatable bonds is 6. The first-order valence-electron chi connectivity index (χ1n) is 19.8. The second-order valence-corrected chi connectivity index (χ2v) is 15.0. The molecule has 0 saturated heterocycles. The Labute approximate surface area is 334 Å². The Balaban J connectivity index is 1.00. The van der Waals surface area contributed by atoms with Gasteiger partial charge in [-0.15, -0.1) is 0 Å². The van der Waals surface area contributed by atoms with E-state index >= 15 is 0 Å². The van der Waals surface area contributed by atoms with Crippen molar-refractivity contribution < 1.29 is 4.42 Å². The van der Waals surface area contributed by atoms with Crippen molar-refractivity contribution in [3.63, 3.8) is 0 Å². The molecule has 0 radical (unpaired) electrons. The van der Waals surface area contributed by atoms with Gasteiger partial charge in [-0.25, -0.2) is 0 Å². The molecule has 0 aliphatic carbocycles. The predicted octanol–water partition coefficient (Wildman–Crippen LogP) is 14.9. The summed E-state index contributed by atoms with van der Waals surface area (Å²) >= 11 is 0. The topological polar surface area (TPSA) is 26.2 Å². The van der Waals surface area contributed by atoms with Gasteiger partial charge in [0.2, 0.25) is 0 Å². The number of anilines is 3. The molecule has 3 aromatic heterocycles. The molecule has 9 aromatic carbocycles. The third-order valence-corrected chi connectivity index (χ3v) is 11.7. The first-order chi connectivity index (χ1) is 28.8. The highest BCUT2D eigenvalue weighted by atomic mass is 16.3. The predicted molar refractivity (Wildman–Crippen MR) is 243 cm³/mol. The molecular formula is C54H35N3O. The van der Waals surface area contributed by atoms with Crippen LogP contribution < -0.4 is 4.90 Å². The monoisotopic (exact) mass is 741 g/mol. The van der Waals surface area contributed by atoms with Crippen LogP contribution in [-0.2, 0) is 0 Å². The van der Waals surface area contributed by atoms with Crippen LogP contribution in [0.25, 0.3) is 88.1 Å². The fourth-order valence-electron chi connectivity index (χ4n) is 9.09. The normalized spacial score (nSPS) is 11.8. The molecule has 0 amide bonds. The molecule has 12 aromatic rings. The lowest BCUT2D eigenvalue weighted by Crippen LogP contribution is -2.10. The van der Waals surface area contributed by atoms with Crippen LogP contribution in [0.4, 0.5) is 17.1 Å². The Hall–Kier alpha value is -7.82. The summed E-state index contributed by atoms with van der Waals surface area (Å²) < 4.78 is 11.0. The summed E-state index contributed by atoms with van der Waals surface area (Å²) in [6, 6.07) is 76.2. The Bertz CT molecular complexity index is 3520. The maximum Gasteiger partial charge on any atom is 0.135 e. The van der Waals surface area contributed by atoms with Gasteiger partial charge in [0, 0.05) is 60.8 Å². The zero-order valence-corrected chi connectivity index (χ0v) is 31.5. The van der Waals surface area contributed by atoms with Crippen LogP contribution in [0.3, 0.4) is 0 Å². The highest BCUT2D eigenvalue weighted by Gasteiger charge is 2.19. The van der Waals surface area contributed by atoms with E-state index < -0.39 is 0 Å². The average Bonchev–Trinajstić information content (AvgIpc) is 3.94. The highest BCUT2D eigenvalue weighted by Crippen LogP contribution is 2.42. The first-order valence-corrected chi connectivity index (χ1v) is 19.8. The second kappa shape index (κ2) is 12.9. The van der Waals surface area contributed by atoms with Crippen LogP contribution >= 0.6 is 0 Å². The molecule has 12 rings (SSSR count). The summed E-state index contributed by atoms with van der Waals surface area (Å²) in [4.78, 5) is 2.33. The van der Waals surface area contributed by atoms with E-state index in [1.807, 2.05) is 12.1 Å². The van der Waals surface area contributed by atoms with E-state index in [0.717, 1.165) is 44.7 Å². The largest absolute Gasteiger partial charge is 0.456 e. The minimum atomic E-state index is 0.884. The van der Waals surface area contributed by atoms with Crippen molar-refractivity contribution in [1.29, 1.82) is 0 Å². The lowest BCUT2D eigenvalue weighted by molar-refractivity contribution is 0.669. The lowest BCUT2D eigenvalue weighted by Gasteiger charge is -2.26. The van der Waals surface area contributed by atoms with Gasteiger partial charge >= 0.3 is 0 Å². The molecule has 4 nitrogen and oxygen atoms in total. The molecule has 0 unspecified atom stereocenters. The van der Waals surface area contributed by atoms with E-state index in [9.17, 15) is 0 Å². The summed E-state index contributed by atoms with van der Waals surface area (Å²) in [6.07, 6.45) is 0. The summed E-state index contributed by atoms with van der Waals surface area (Å²) in [5.74, 6) is 0. The molecule has 0 N–H and O–H groups in total. The summed E-state index contributed by atoms with van der Waals surface area (Å²) in [7, 11) is 0. The summed E-state index contributed by atoms with van der Waals surface area (Å²) in [5, 5.41) is 7.17. The van der Waals surface area contributed by atoms with Gasteiger partial charge in [0.15, 0.2) is 0 Å². The van der Waals surface area contributed by atoms with Crippen LogP contribution in [0.2, 0.25) is 0 Å². The van der Waals surface area contributed by atoms with E-state index in [1.54, 1.807) is 0 Å². The third kappa shape index (κ3) is 5.02. The minimum absolute atomic E-state index is 0.884. The molecule has 0 aliphatic rings. The Morgan fingerprint density at radius 1 is 0.293 bits per heavy atom. The van der Waals surface area contributed by atoms with Gasteiger partial charge < -0.3 is 18.5 Å². The molecule has 58 heavy (non-hydrogen) atoms. The van der Waals surface area contributed by atoms with Crippen molar-refractivity contribution in [2.24, 2.45) is 0 Å². The molecule has 3 heterocycles. The average molecular weight is 742 g/mol. The fourth-order valence-corrected chi connectivity index (χ4v) is 9.09. The third-order valence-electron chi connectivity index (χ3n) is 11.7. The maximum absolute atomic E-state index is 6.22. The SMILES string of the molecule is c1ccc(N(c2cccc(-n3c4ccccc4c4cc(-c5ccc6c(c5)c5ccccc5n6-c5ccccc5)ccc43)c2)c2ccc3oc4ccccc4c3c2)cc1. The number of furan rings is 1.